The van der Waals surface area contributed by atoms with E-state index in [9.17, 15) is 14.9 Å². The molecule has 4 rings (SSSR count). The van der Waals surface area contributed by atoms with E-state index in [0.29, 0.717) is 5.56 Å². The highest BCUT2D eigenvalue weighted by Gasteiger charge is 2.46. The lowest BCUT2D eigenvalue weighted by atomic mass is 9.96. The van der Waals surface area contributed by atoms with Crippen LogP contribution in [0, 0.1) is 17.0 Å². The van der Waals surface area contributed by atoms with Crippen LogP contribution in [0.25, 0.3) is 10.8 Å². The summed E-state index contributed by atoms with van der Waals surface area (Å²) in [6.07, 6.45) is 1.72. The molecule has 0 atom stereocenters. The molecule has 3 aromatic carbocycles. The summed E-state index contributed by atoms with van der Waals surface area (Å²) in [7, 11) is 0. The molecule has 1 aliphatic rings. The summed E-state index contributed by atoms with van der Waals surface area (Å²) >= 11 is 0. The van der Waals surface area contributed by atoms with Gasteiger partial charge in [0.2, 0.25) is 0 Å². The first-order chi connectivity index (χ1) is 12.5. The first-order valence-electron chi connectivity index (χ1n) is 8.56. The van der Waals surface area contributed by atoms with E-state index in [1.54, 1.807) is 13.0 Å². The van der Waals surface area contributed by atoms with E-state index in [2.05, 4.69) is 29.6 Å². The third-order valence-corrected chi connectivity index (χ3v) is 5.08. The quantitative estimate of drug-likeness (QED) is 0.559. The molecule has 1 fully saturated rings. The van der Waals surface area contributed by atoms with Crippen LogP contribution in [0.2, 0.25) is 0 Å². The van der Waals surface area contributed by atoms with E-state index in [0.717, 1.165) is 34.7 Å². The molecule has 0 unspecified atom stereocenters. The van der Waals surface area contributed by atoms with Crippen molar-refractivity contribution in [2.45, 2.75) is 25.3 Å². The molecule has 1 aliphatic carbocycles. The Morgan fingerprint density at radius 1 is 1.08 bits per heavy atom. The van der Waals surface area contributed by atoms with E-state index < -0.39 is 10.5 Å². The second kappa shape index (κ2) is 5.95. The summed E-state index contributed by atoms with van der Waals surface area (Å²) in [6.45, 7) is 1.79. The molecule has 1 amide bonds. The maximum Gasteiger partial charge on any atom is 0.270 e. The number of rotatable bonds is 4. The number of nitro benzene ring substituents is 1. The summed E-state index contributed by atoms with van der Waals surface area (Å²) in [5, 5.41) is 16.4. The van der Waals surface area contributed by atoms with Gasteiger partial charge in [0.25, 0.3) is 11.6 Å². The van der Waals surface area contributed by atoms with Crippen molar-refractivity contribution in [3.05, 3.63) is 87.5 Å². The SMILES string of the molecule is Cc1ccc([N+](=O)[O-])cc1C(=O)NC1(c2cccc3ccccc23)CC1. The lowest BCUT2D eigenvalue weighted by Crippen LogP contribution is -2.35. The van der Waals surface area contributed by atoms with Gasteiger partial charge in [-0.2, -0.15) is 0 Å². The van der Waals surface area contributed by atoms with Gasteiger partial charge >= 0.3 is 0 Å². The zero-order valence-electron chi connectivity index (χ0n) is 14.4. The van der Waals surface area contributed by atoms with Crippen LogP contribution in [0.4, 0.5) is 5.69 Å². The lowest BCUT2D eigenvalue weighted by molar-refractivity contribution is -0.384. The highest BCUT2D eigenvalue weighted by Crippen LogP contribution is 2.48. The molecule has 1 N–H and O–H groups in total. The van der Waals surface area contributed by atoms with Crippen LogP contribution in [0.1, 0.15) is 34.3 Å². The number of nitro groups is 1. The van der Waals surface area contributed by atoms with Crippen LogP contribution < -0.4 is 5.32 Å². The summed E-state index contributed by atoms with van der Waals surface area (Å²) in [6, 6.07) is 18.6. The van der Waals surface area contributed by atoms with Gasteiger partial charge in [-0.25, -0.2) is 0 Å². The average Bonchev–Trinajstić information content (AvgIpc) is 3.41. The summed E-state index contributed by atoms with van der Waals surface area (Å²) in [5.74, 6) is -0.267. The largest absolute Gasteiger partial charge is 0.342 e. The van der Waals surface area contributed by atoms with Gasteiger partial charge in [-0.3, -0.25) is 14.9 Å². The van der Waals surface area contributed by atoms with Crippen molar-refractivity contribution in [3.8, 4) is 0 Å². The van der Waals surface area contributed by atoms with Gasteiger partial charge in [-0.15, -0.1) is 0 Å². The summed E-state index contributed by atoms with van der Waals surface area (Å²) in [4.78, 5) is 23.4. The number of hydrogen-bond acceptors (Lipinski definition) is 3. The number of nitrogens with one attached hydrogen (secondary N) is 1. The normalized spacial score (nSPS) is 14.8. The maximum atomic E-state index is 12.9. The van der Waals surface area contributed by atoms with Crippen LogP contribution in [0.3, 0.4) is 0 Å². The lowest BCUT2D eigenvalue weighted by Gasteiger charge is -2.20. The van der Waals surface area contributed by atoms with Crippen molar-refractivity contribution < 1.29 is 9.72 Å². The molecular weight excluding hydrogens is 328 g/mol. The van der Waals surface area contributed by atoms with E-state index >= 15 is 0 Å². The van der Waals surface area contributed by atoms with Crippen molar-refractivity contribution in [2.75, 3.05) is 0 Å². The molecule has 0 saturated heterocycles. The molecule has 26 heavy (non-hydrogen) atoms. The average molecular weight is 346 g/mol. The number of non-ortho nitro benzene ring substituents is 1. The number of fused-ring (bicyclic) bond motifs is 1. The fraction of sp³-hybridized carbons (Fsp3) is 0.190. The zero-order valence-corrected chi connectivity index (χ0v) is 14.4. The number of aryl methyl sites for hydroxylation is 1. The Kier molecular flexibility index (Phi) is 3.72. The highest BCUT2D eigenvalue weighted by atomic mass is 16.6. The first-order valence-corrected chi connectivity index (χ1v) is 8.56. The molecule has 3 aromatic rings. The van der Waals surface area contributed by atoms with E-state index in [4.69, 9.17) is 0 Å². The number of benzene rings is 3. The van der Waals surface area contributed by atoms with Crippen LogP contribution in [-0.2, 0) is 5.54 Å². The van der Waals surface area contributed by atoms with Crippen molar-refractivity contribution in [3.63, 3.8) is 0 Å². The topological polar surface area (TPSA) is 72.2 Å². The van der Waals surface area contributed by atoms with Crippen LogP contribution in [0.15, 0.2) is 60.7 Å². The molecule has 0 spiro atoms. The Balaban J connectivity index is 1.70. The second-order valence-corrected chi connectivity index (χ2v) is 6.82. The third kappa shape index (κ3) is 2.71. The van der Waals surface area contributed by atoms with Crippen LogP contribution in [-0.4, -0.2) is 10.8 Å². The molecule has 0 aliphatic heterocycles. The molecule has 0 radical (unpaired) electrons. The molecular formula is C21H18N2O3. The Bertz CT molecular complexity index is 1030. The standard InChI is InChI=1S/C21H18N2O3/c1-14-9-10-16(23(25)26)13-18(14)20(24)22-21(11-12-21)19-8-4-6-15-5-2-3-7-17(15)19/h2-10,13H,11-12H2,1H3,(H,22,24). The number of nitrogens with zero attached hydrogens (tertiary/aromatic N) is 1. The van der Waals surface area contributed by atoms with E-state index in [1.807, 2.05) is 18.2 Å². The summed E-state index contributed by atoms with van der Waals surface area (Å²) < 4.78 is 0. The summed E-state index contributed by atoms with van der Waals surface area (Å²) in [5.41, 5.74) is 1.71. The zero-order chi connectivity index (χ0) is 18.3. The predicted molar refractivity (Wildman–Crippen MR) is 100 cm³/mol. The minimum absolute atomic E-state index is 0.0734. The molecule has 130 valence electrons. The molecule has 0 aromatic heterocycles. The first kappa shape index (κ1) is 16.3. The molecule has 0 heterocycles. The number of hydrogen-bond donors (Lipinski definition) is 1. The Labute approximate surface area is 150 Å². The van der Waals surface area contributed by atoms with Crippen molar-refractivity contribution >= 4 is 22.4 Å². The van der Waals surface area contributed by atoms with Gasteiger partial charge in [0, 0.05) is 17.7 Å². The smallest absolute Gasteiger partial charge is 0.270 e. The maximum absolute atomic E-state index is 12.9. The van der Waals surface area contributed by atoms with Gasteiger partial charge in [0.15, 0.2) is 0 Å². The van der Waals surface area contributed by atoms with Gasteiger partial charge in [0.1, 0.15) is 0 Å². The highest BCUT2D eigenvalue weighted by molar-refractivity contribution is 5.98. The van der Waals surface area contributed by atoms with E-state index in [1.165, 1.54) is 12.1 Å². The van der Waals surface area contributed by atoms with E-state index in [-0.39, 0.29) is 11.6 Å². The fourth-order valence-corrected chi connectivity index (χ4v) is 3.48. The second-order valence-electron chi connectivity index (χ2n) is 6.82. The van der Waals surface area contributed by atoms with Gasteiger partial charge in [-0.1, -0.05) is 48.5 Å². The van der Waals surface area contributed by atoms with Crippen LogP contribution in [0.5, 0.6) is 0 Å². The van der Waals surface area contributed by atoms with Crippen molar-refractivity contribution in [1.29, 1.82) is 0 Å². The number of carbonyl (C=O) groups is 1. The Hall–Kier alpha value is -3.21. The predicted octanol–water partition coefficient (Wildman–Crippen LogP) is 4.48. The fourth-order valence-electron chi connectivity index (χ4n) is 3.48. The Morgan fingerprint density at radius 3 is 2.54 bits per heavy atom. The van der Waals surface area contributed by atoms with Gasteiger partial charge in [0.05, 0.1) is 10.5 Å². The van der Waals surface area contributed by atoms with Crippen molar-refractivity contribution in [1.82, 2.24) is 5.32 Å². The Morgan fingerprint density at radius 2 is 1.81 bits per heavy atom. The number of carbonyl (C=O) groups excluding carboxylic acids is 1. The van der Waals surface area contributed by atoms with Crippen molar-refractivity contribution in [2.24, 2.45) is 0 Å². The molecule has 5 nitrogen and oxygen atoms in total. The minimum Gasteiger partial charge on any atom is -0.342 e. The number of amides is 1. The molecule has 1 saturated carbocycles. The molecule has 5 heteroatoms. The third-order valence-electron chi connectivity index (χ3n) is 5.08. The van der Waals surface area contributed by atoms with Crippen LogP contribution >= 0.6 is 0 Å². The molecule has 0 bridgehead atoms. The monoisotopic (exact) mass is 346 g/mol. The minimum atomic E-state index is -0.478. The van der Waals surface area contributed by atoms with Gasteiger partial charge < -0.3 is 5.32 Å². The van der Waals surface area contributed by atoms with Gasteiger partial charge in [-0.05, 0) is 41.7 Å².